The molecule has 0 fully saturated rings. The number of primary amides is 1. The maximum atomic E-state index is 11.9. The second-order valence-corrected chi connectivity index (χ2v) is 5.17. The molecule has 0 saturated carbocycles. The zero-order chi connectivity index (χ0) is 17.7. The van der Waals surface area contributed by atoms with Gasteiger partial charge < -0.3 is 16.4 Å². The summed E-state index contributed by atoms with van der Waals surface area (Å²) in [5.41, 5.74) is 6.10. The number of rotatable bonds is 6. The van der Waals surface area contributed by atoms with E-state index in [1.54, 1.807) is 12.1 Å². The lowest BCUT2D eigenvalue weighted by atomic mass is 10.2. The Morgan fingerprint density at radius 2 is 1.75 bits per heavy atom. The van der Waals surface area contributed by atoms with E-state index in [-0.39, 0.29) is 23.2 Å². The summed E-state index contributed by atoms with van der Waals surface area (Å²) in [6.45, 7) is -0.101. The molecule has 2 rings (SSSR count). The molecule has 0 aromatic heterocycles. The standard InChI is InChI=1S/C15H13ClN4O4/c16-12-6-5-11(7-13(12)20(23)24)18-8-14(21)19-10-3-1-9(2-4-10)15(17)22/h1-7,18H,8H2,(H2,17,22)(H,19,21). The number of carbonyl (C=O) groups excluding carboxylic acids is 2. The van der Waals surface area contributed by atoms with Crippen molar-refractivity contribution in [2.75, 3.05) is 17.2 Å². The molecular weight excluding hydrogens is 336 g/mol. The summed E-state index contributed by atoms with van der Waals surface area (Å²) in [7, 11) is 0. The summed E-state index contributed by atoms with van der Waals surface area (Å²) in [5.74, 6) is -0.918. The van der Waals surface area contributed by atoms with Gasteiger partial charge in [-0.1, -0.05) is 11.6 Å². The van der Waals surface area contributed by atoms with Crippen LogP contribution in [0, 0.1) is 10.1 Å². The fourth-order valence-electron chi connectivity index (χ4n) is 1.87. The molecule has 124 valence electrons. The third-order valence-electron chi connectivity index (χ3n) is 3.05. The van der Waals surface area contributed by atoms with Gasteiger partial charge in [0.15, 0.2) is 0 Å². The van der Waals surface area contributed by atoms with Crippen LogP contribution >= 0.6 is 11.6 Å². The van der Waals surface area contributed by atoms with E-state index in [0.29, 0.717) is 16.9 Å². The van der Waals surface area contributed by atoms with Crippen LogP contribution in [0.1, 0.15) is 10.4 Å². The van der Waals surface area contributed by atoms with Crippen molar-refractivity contribution in [1.82, 2.24) is 0 Å². The van der Waals surface area contributed by atoms with Crippen molar-refractivity contribution >= 4 is 40.5 Å². The molecule has 0 saturated heterocycles. The Balaban J connectivity index is 1.94. The fourth-order valence-corrected chi connectivity index (χ4v) is 2.05. The topological polar surface area (TPSA) is 127 Å². The van der Waals surface area contributed by atoms with Crippen LogP contribution in [0.5, 0.6) is 0 Å². The number of amides is 2. The molecule has 2 amide bonds. The summed E-state index contributed by atoms with van der Waals surface area (Å²) in [5, 5.41) is 16.2. The van der Waals surface area contributed by atoms with Gasteiger partial charge in [0.1, 0.15) is 5.02 Å². The Labute approximate surface area is 141 Å². The van der Waals surface area contributed by atoms with Crippen molar-refractivity contribution in [2.24, 2.45) is 5.73 Å². The molecule has 8 nitrogen and oxygen atoms in total. The third-order valence-corrected chi connectivity index (χ3v) is 3.37. The highest BCUT2D eigenvalue weighted by Crippen LogP contribution is 2.27. The lowest BCUT2D eigenvalue weighted by Gasteiger charge is -2.08. The minimum Gasteiger partial charge on any atom is -0.376 e. The van der Waals surface area contributed by atoms with Crippen molar-refractivity contribution in [3.8, 4) is 0 Å². The van der Waals surface area contributed by atoms with Crippen LogP contribution in [0.2, 0.25) is 5.02 Å². The number of hydrogen-bond acceptors (Lipinski definition) is 5. The smallest absolute Gasteiger partial charge is 0.289 e. The van der Waals surface area contributed by atoms with Gasteiger partial charge in [-0.3, -0.25) is 19.7 Å². The molecule has 2 aromatic rings. The number of nitrogens with two attached hydrogens (primary N) is 1. The number of nitro groups is 1. The molecule has 24 heavy (non-hydrogen) atoms. The number of hydrogen-bond donors (Lipinski definition) is 3. The Bertz CT molecular complexity index is 793. The second kappa shape index (κ2) is 7.42. The molecule has 4 N–H and O–H groups in total. The Kier molecular flexibility index (Phi) is 5.33. The molecule has 0 heterocycles. The lowest BCUT2D eigenvalue weighted by molar-refractivity contribution is -0.384. The first-order valence-corrected chi connectivity index (χ1v) is 7.12. The van der Waals surface area contributed by atoms with E-state index < -0.39 is 10.8 Å². The molecule has 0 bridgehead atoms. The predicted octanol–water partition coefficient (Wildman–Crippen LogP) is 2.40. The molecule has 0 unspecified atom stereocenters. The van der Waals surface area contributed by atoms with E-state index in [1.165, 1.54) is 30.3 Å². The van der Waals surface area contributed by atoms with Crippen molar-refractivity contribution in [3.05, 3.63) is 63.2 Å². The van der Waals surface area contributed by atoms with Gasteiger partial charge in [0.25, 0.3) is 5.69 Å². The number of benzene rings is 2. The molecule has 0 aliphatic heterocycles. The largest absolute Gasteiger partial charge is 0.376 e. The molecular formula is C15H13ClN4O4. The molecule has 0 radical (unpaired) electrons. The van der Waals surface area contributed by atoms with Crippen LogP contribution in [0.4, 0.5) is 17.1 Å². The molecule has 9 heteroatoms. The van der Waals surface area contributed by atoms with Crippen LogP contribution in [-0.4, -0.2) is 23.3 Å². The van der Waals surface area contributed by atoms with E-state index >= 15 is 0 Å². The number of nitrogens with zero attached hydrogens (tertiary/aromatic N) is 1. The van der Waals surface area contributed by atoms with Gasteiger partial charge in [-0.25, -0.2) is 0 Å². The minimum absolute atomic E-state index is 0.0181. The van der Waals surface area contributed by atoms with Crippen molar-refractivity contribution in [2.45, 2.75) is 0 Å². The van der Waals surface area contributed by atoms with Gasteiger partial charge in [0.2, 0.25) is 11.8 Å². The zero-order valence-corrected chi connectivity index (χ0v) is 13.0. The lowest BCUT2D eigenvalue weighted by Crippen LogP contribution is -2.21. The number of nitrogens with one attached hydrogen (secondary N) is 2. The number of carbonyl (C=O) groups is 2. The van der Waals surface area contributed by atoms with E-state index in [0.717, 1.165) is 0 Å². The normalized spacial score (nSPS) is 10.0. The second-order valence-electron chi connectivity index (χ2n) is 4.77. The van der Waals surface area contributed by atoms with Gasteiger partial charge in [-0.15, -0.1) is 0 Å². The van der Waals surface area contributed by atoms with Crippen LogP contribution in [-0.2, 0) is 4.79 Å². The molecule has 0 spiro atoms. The first-order valence-electron chi connectivity index (χ1n) is 6.74. The van der Waals surface area contributed by atoms with Gasteiger partial charge in [0.05, 0.1) is 11.5 Å². The molecule has 0 atom stereocenters. The summed E-state index contributed by atoms with van der Waals surface area (Å²) < 4.78 is 0. The number of nitro benzene ring substituents is 1. The minimum atomic E-state index is -0.603. The summed E-state index contributed by atoms with van der Waals surface area (Å²) in [6, 6.07) is 10.2. The number of anilines is 2. The quantitative estimate of drug-likeness (QED) is 0.545. The SMILES string of the molecule is NC(=O)c1ccc(NC(=O)CNc2ccc(Cl)c([N+](=O)[O-])c2)cc1. The predicted molar refractivity (Wildman–Crippen MR) is 90.2 cm³/mol. The first kappa shape index (κ1) is 17.2. The molecule has 2 aromatic carbocycles. The summed E-state index contributed by atoms with van der Waals surface area (Å²) >= 11 is 5.71. The van der Waals surface area contributed by atoms with E-state index in [1.807, 2.05) is 0 Å². The van der Waals surface area contributed by atoms with Crippen LogP contribution in [0.25, 0.3) is 0 Å². The van der Waals surface area contributed by atoms with Crippen molar-refractivity contribution in [1.29, 1.82) is 0 Å². The van der Waals surface area contributed by atoms with Crippen molar-refractivity contribution < 1.29 is 14.5 Å². The summed E-state index contributed by atoms with van der Waals surface area (Å²) in [6.07, 6.45) is 0. The molecule has 0 aliphatic rings. The zero-order valence-electron chi connectivity index (χ0n) is 12.3. The summed E-state index contributed by atoms with van der Waals surface area (Å²) in [4.78, 5) is 33.0. The highest BCUT2D eigenvalue weighted by molar-refractivity contribution is 6.32. The highest BCUT2D eigenvalue weighted by atomic mass is 35.5. The van der Waals surface area contributed by atoms with E-state index in [2.05, 4.69) is 10.6 Å². The van der Waals surface area contributed by atoms with Gasteiger partial charge >= 0.3 is 0 Å². The Morgan fingerprint density at radius 1 is 1.12 bits per heavy atom. The Hall–Kier alpha value is -3.13. The average Bonchev–Trinajstić information content (AvgIpc) is 2.54. The maximum Gasteiger partial charge on any atom is 0.289 e. The highest BCUT2D eigenvalue weighted by Gasteiger charge is 2.13. The first-order chi connectivity index (χ1) is 11.4. The van der Waals surface area contributed by atoms with Crippen LogP contribution in [0.3, 0.4) is 0 Å². The van der Waals surface area contributed by atoms with Gasteiger partial charge in [0, 0.05) is 23.0 Å². The third kappa shape index (κ3) is 4.43. The van der Waals surface area contributed by atoms with Gasteiger partial charge in [-0.2, -0.15) is 0 Å². The van der Waals surface area contributed by atoms with Crippen molar-refractivity contribution in [3.63, 3.8) is 0 Å². The maximum absolute atomic E-state index is 11.9. The van der Waals surface area contributed by atoms with Crippen LogP contribution < -0.4 is 16.4 Å². The monoisotopic (exact) mass is 348 g/mol. The number of halogens is 1. The van der Waals surface area contributed by atoms with Gasteiger partial charge in [-0.05, 0) is 36.4 Å². The van der Waals surface area contributed by atoms with E-state index in [9.17, 15) is 19.7 Å². The van der Waals surface area contributed by atoms with E-state index in [4.69, 9.17) is 17.3 Å². The molecule has 0 aliphatic carbocycles. The Morgan fingerprint density at radius 3 is 2.33 bits per heavy atom. The average molecular weight is 349 g/mol. The fraction of sp³-hybridized carbons (Fsp3) is 0.0667. The van der Waals surface area contributed by atoms with Crippen LogP contribution in [0.15, 0.2) is 42.5 Å².